The second-order valence-electron chi connectivity index (χ2n) is 2.45. The quantitative estimate of drug-likeness (QED) is 0.389. The molecular formula is C6H12N2O4. The van der Waals surface area contributed by atoms with Crippen molar-refractivity contribution in [1.82, 2.24) is 0 Å². The van der Waals surface area contributed by atoms with Gasteiger partial charge in [0, 0.05) is 6.42 Å². The molecule has 0 amide bonds. The Morgan fingerprint density at radius 3 is 2.00 bits per heavy atom. The Kier molecular flexibility index (Phi) is 4.24. The van der Waals surface area contributed by atoms with Crippen LogP contribution in [0.2, 0.25) is 0 Å². The summed E-state index contributed by atoms with van der Waals surface area (Å²) in [5.74, 6) is -3.20. The minimum atomic E-state index is -1.16. The van der Waals surface area contributed by atoms with Crippen LogP contribution in [0.1, 0.15) is 12.8 Å². The minimum Gasteiger partial charge on any atom is -0.481 e. The Balaban J connectivity index is 3.97. The lowest BCUT2D eigenvalue weighted by Crippen LogP contribution is -2.42. The van der Waals surface area contributed by atoms with Crippen LogP contribution in [-0.4, -0.2) is 28.3 Å². The normalized spacial score (nSPS) is 12.9. The molecule has 0 aliphatic heterocycles. The third-order valence-corrected chi connectivity index (χ3v) is 1.45. The Morgan fingerprint density at radius 1 is 1.25 bits per heavy atom. The molecule has 1 atom stereocenters. The molecule has 6 N–H and O–H groups in total. The standard InChI is InChI=1S/C6H12N2O4/c7-5(8)3(6(11)12)1-2-4(9)10/h3,5H,1-2,7-8H2,(H,9,10)(H,11,12). The Labute approximate surface area is 69.2 Å². The van der Waals surface area contributed by atoms with E-state index in [0.29, 0.717) is 0 Å². The highest BCUT2D eigenvalue weighted by Crippen LogP contribution is 2.07. The second-order valence-corrected chi connectivity index (χ2v) is 2.45. The number of carboxylic acids is 2. The number of aliphatic carboxylic acids is 2. The van der Waals surface area contributed by atoms with Crippen molar-refractivity contribution in [2.24, 2.45) is 17.4 Å². The van der Waals surface area contributed by atoms with Crippen molar-refractivity contribution in [1.29, 1.82) is 0 Å². The van der Waals surface area contributed by atoms with Crippen molar-refractivity contribution in [2.75, 3.05) is 0 Å². The fourth-order valence-corrected chi connectivity index (χ4v) is 0.760. The first kappa shape index (κ1) is 10.9. The van der Waals surface area contributed by atoms with Gasteiger partial charge >= 0.3 is 11.9 Å². The number of hydrogen-bond donors (Lipinski definition) is 4. The van der Waals surface area contributed by atoms with Crippen LogP contribution in [0.4, 0.5) is 0 Å². The average Bonchev–Trinajstić information content (AvgIpc) is 1.84. The molecule has 0 fully saturated rings. The van der Waals surface area contributed by atoms with E-state index in [4.69, 9.17) is 21.7 Å². The van der Waals surface area contributed by atoms with Crippen molar-refractivity contribution in [3.05, 3.63) is 0 Å². The van der Waals surface area contributed by atoms with E-state index >= 15 is 0 Å². The van der Waals surface area contributed by atoms with E-state index in [-0.39, 0.29) is 12.8 Å². The van der Waals surface area contributed by atoms with Crippen LogP contribution in [0, 0.1) is 5.92 Å². The van der Waals surface area contributed by atoms with E-state index in [1.165, 1.54) is 0 Å². The van der Waals surface area contributed by atoms with E-state index in [9.17, 15) is 9.59 Å². The average molecular weight is 176 g/mol. The van der Waals surface area contributed by atoms with Gasteiger partial charge in [-0.2, -0.15) is 0 Å². The summed E-state index contributed by atoms with van der Waals surface area (Å²) in [7, 11) is 0. The molecule has 0 saturated heterocycles. The first-order valence-corrected chi connectivity index (χ1v) is 3.41. The summed E-state index contributed by atoms with van der Waals surface area (Å²) in [6, 6.07) is 0. The molecule has 1 unspecified atom stereocenters. The maximum absolute atomic E-state index is 10.4. The molecule has 0 rings (SSSR count). The summed E-state index contributed by atoms with van der Waals surface area (Å²) < 4.78 is 0. The molecule has 0 aliphatic rings. The predicted octanol–water partition coefficient (Wildman–Crippen LogP) is -1.20. The van der Waals surface area contributed by atoms with Crippen LogP contribution in [0.25, 0.3) is 0 Å². The molecule has 6 nitrogen and oxygen atoms in total. The maximum Gasteiger partial charge on any atom is 0.309 e. The highest BCUT2D eigenvalue weighted by atomic mass is 16.4. The summed E-state index contributed by atoms with van der Waals surface area (Å²) in [5, 5.41) is 16.8. The van der Waals surface area contributed by atoms with E-state index in [2.05, 4.69) is 0 Å². The summed E-state index contributed by atoms with van der Waals surface area (Å²) in [5.41, 5.74) is 10.3. The first-order chi connectivity index (χ1) is 5.45. The zero-order valence-electron chi connectivity index (χ0n) is 6.43. The van der Waals surface area contributed by atoms with Crippen molar-refractivity contribution < 1.29 is 19.8 Å². The predicted molar refractivity (Wildman–Crippen MR) is 40.2 cm³/mol. The summed E-state index contributed by atoms with van der Waals surface area (Å²) in [4.78, 5) is 20.5. The fraction of sp³-hybridized carbons (Fsp3) is 0.667. The van der Waals surface area contributed by atoms with E-state index < -0.39 is 24.0 Å². The molecule has 6 heteroatoms. The van der Waals surface area contributed by atoms with Crippen molar-refractivity contribution >= 4 is 11.9 Å². The maximum atomic E-state index is 10.4. The highest BCUT2D eigenvalue weighted by Gasteiger charge is 2.22. The van der Waals surface area contributed by atoms with Gasteiger partial charge in [-0.1, -0.05) is 0 Å². The van der Waals surface area contributed by atoms with Crippen LogP contribution in [0.3, 0.4) is 0 Å². The Hall–Kier alpha value is -1.14. The molecule has 12 heavy (non-hydrogen) atoms. The van der Waals surface area contributed by atoms with Crippen LogP contribution in [0.5, 0.6) is 0 Å². The summed E-state index contributed by atoms with van der Waals surface area (Å²) in [6.45, 7) is 0. The van der Waals surface area contributed by atoms with Crippen LogP contribution >= 0.6 is 0 Å². The van der Waals surface area contributed by atoms with Gasteiger partial charge in [-0.25, -0.2) is 0 Å². The van der Waals surface area contributed by atoms with Gasteiger partial charge in [0.25, 0.3) is 0 Å². The fourth-order valence-electron chi connectivity index (χ4n) is 0.760. The topological polar surface area (TPSA) is 127 Å². The molecular weight excluding hydrogens is 164 g/mol. The second kappa shape index (κ2) is 4.68. The molecule has 0 aromatic heterocycles. The number of rotatable bonds is 5. The summed E-state index contributed by atoms with van der Waals surface area (Å²) >= 11 is 0. The Morgan fingerprint density at radius 2 is 1.75 bits per heavy atom. The lowest BCUT2D eigenvalue weighted by atomic mass is 10.0. The third-order valence-electron chi connectivity index (χ3n) is 1.45. The molecule has 0 spiro atoms. The lowest BCUT2D eigenvalue weighted by Gasteiger charge is -2.14. The van der Waals surface area contributed by atoms with Crippen molar-refractivity contribution in [3.8, 4) is 0 Å². The number of hydrogen-bond acceptors (Lipinski definition) is 4. The van der Waals surface area contributed by atoms with E-state index in [0.717, 1.165) is 0 Å². The van der Waals surface area contributed by atoms with Gasteiger partial charge in [0.1, 0.15) is 0 Å². The van der Waals surface area contributed by atoms with Gasteiger partial charge in [-0.05, 0) is 6.42 Å². The zero-order chi connectivity index (χ0) is 9.72. The molecule has 0 saturated carbocycles. The lowest BCUT2D eigenvalue weighted by molar-refractivity contribution is -0.143. The molecule has 0 aliphatic carbocycles. The summed E-state index contributed by atoms with van der Waals surface area (Å²) in [6.07, 6.45) is -1.29. The molecule has 0 aromatic rings. The Bertz CT molecular complexity index is 180. The molecule has 0 radical (unpaired) electrons. The number of carbonyl (C=O) groups is 2. The van der Waals surface area contributed by atoms with Gasteiger partial charge < -0.3 is 21.7 Å². The zero-order valence-corrected chi connectivity index (χ0v) is 6.43. The monoisotopic (exact) mass is 176 g/mol. The van der Waals surface area contributed by atoms with Crippen LogP contribution in [-0.2, 0) is 9.59 Å². The molecule has 0 heterocycles. The van der Waals surface area contributed by atoms with Crippen LogP contribution < -0.4 is 11.5 Å². The molecule has 0 bridgehead atoms. The van der Waals surface area contributed by atoms with Gasteiger partial charge in [0.2, 0.25) is 0 Å². The van der Waals surface area contributed by atoms with Gasteiger partial charge in [-0.3, -0.25) is 9.59 Å². The van der Waals surface area contributed by atoms with Gasteiger partial charge in [0.15, 0.2) is 0 Å². The number of carboxylic acid groups (broad SMARTS) is 2. The van der Waals surface area contributed by atoms with E-state index in [1.807, 2.05) is 0 Å². The highest BCUT2D eigenvalue weighted by molar-refractivity contribution is 5.72. The minimum absolute atomic E-state index is 0.0394. The van der Waals surface area contributed by atoms with Crippen molar-refractivity contribution in [2.45, 2.75) is 19.0 Å². The largest absolute Gasteiger partial charge is 0.481 e. The van der Waals surface area contributed by atoms with Crippen molar-refractivity contribution in [3.63, 3.8) is 0 Å². The smallest absolute Gasteiger partial charge is 0.309 e. The van der Waals surface area contributed by atoms with Gasteiger partial charge in [0.05, 0.1) is 12.1 Å². The first-order valence-electron chi connectivity index (χ1n) is 3.41. The SMILES string of the molecule is NC(N)C(CCC(=O)O)C(=O)O. The van der Waals surface area contributed by atoms with Crippen LogP contribution in [0.15, 0.2) is 0 Å². The molecule has 0 aromatic carbocycles. The third kappa shape index (κ3) is 3.89. The van der Waals surface area contributed by atoms with Gasteiger partial charge in [-0.15, -0.1) is 0 Å². The van der Waals surface area contributed by atoms with E-state index in [1.54, 1.807) is 0 Å². The number of nitrogens with two attached hydrogens (primary N) is 2. The molecule has 70 valence electrons.